The second-order valence-electron chi connectivity index (χ2n) is 3.95. The van der Waals surface area contributed by atoms with Gasteiger partial charge in [-0.3, -0.25) is 9.69 Å². The summed E-state index contributed by atoms with van der Waals surface area (Å²) >= 11 is 0. The van der Waals surface area contributed by atoms with Gasteiger partial charge in [-0.25, -0.2) is 0 Å². The van der Waals surface area contributed by atoms with E-state index in [4.69, 9.17) is 4.74 Å². The molecule has 1 N–H and O–H groups in total. The fourth-order valence-electron chi connectivity index (χ4n) is 2.11. The molecule has 1 fully saturated rings. The lowest BCUT2D eigenvalue weighted by Gasteiger charge is -2.29. The Bertz CT molecular complexity index is 208. The molecule has 0 radical (unpaired) electrons. The van der Waals surface area contributed by atoms with Gasteiger partial charge in [-0.15, -0.1) is 0 Å². The number of ether oxygens (including phenoxy) is 1. The average molecular weight is 201 g/mol. The number of carbonyl (C=O) groups is 1. The standard InChI is InChI=1S/C10H19NO3/c1-7-4-5-11(9(7)6-12)8(2)10(13)14-3/h7-9,12H,4-6H2,1-3H3. The molecule has 14 heavy (non-hydrogen) atoms. The molecular weight excluding hydrogens is 182 g/mol. The maximum absolute atomic E-state index is 11.3. The highest BCUT2D eigenvalue weighted by atomic mass is 16.5. The number of aliphatic hydroxyl groups is 1. The molecule has 0 saturated carbocycles. The highest BCUT2D eigenvalue weighted by molar-refractivity contribution is 5.75. The molecule has 1 saturated heterocycles. The Hall–Kier alpha value is -0.610. The number of esters is 1. The third-order valence-electron chi connectivity index (χ3n) is 3.15. The molecule has 4 nitrogen and oxygen atoms in total. The zero-order valence-corrected chi connectivity index (χ0v) is 9.06. The van der Waals surface area contributed by atoms with Crippen molar-refractivity contribution in [2.75, 3.05) is 20.3 Å². The Labute approximate surface area is 84.8 Å². The van der Waals surface area contributed by atoms with E-state index in [2.05, 4.69) is 6.92 Å². The molecule has 1 rings (SSSR count). The van der Waals surface area contributed by atoms with Gasteiger partial charge >= 0.3 is 5.97 Å². The van der Waals surface area contributed by atoms with E-state index in [9.17, 15) is 9.90 Å². The van der Waals surface area contributed by atoms with Gasteiger partial charge in [0.2, 0.25) is 0 Å². The zero-order chi connectivity index (χ0) is 10.7. The number of hydrogen-bond donors (Lipinski definition) is 1. The van der Waals surface area contributed by atoms with Crippen molar-refractivity contribution < 1.29 is 14.6 Å². The van der Waals surface area contributed by atoms with Crippen molar-refractivity contribution in [1.29, 1.82) is 0 Å². The quantitative estimate of drug-likeness (QED) is 0.665. The van der Waals surface area contributed by atoms with E-state index in [0.29, 0.717) is 5.92 Å². The van der Waals surface area contributed by atoms with Crippen LogP contribution >= 0.6 is 0 Å². The number of rotatable bonds is 3. The molecule has 0 spiro atoms. The molecule has 0 aromatic rings. The van der Waals surface area contributed by atoms with Crippen LogP contribution in [-0.4, -0.2) is 48.3 Å². The Kier molecular flexibility index (Phi) is 3.89. The second-order valence-corrected chi connectivity index (χ2v) is 3.95. The molecule has 1 heterocycles. The van der Waals surface area contributed by atoms with Crippen LogP contribution in [0, 0.1) is 5.92 Å². The normalized spacial score (nSPS) is 30.3. The van der Waals surface area contributed by atoms with Crippen molar-refractivity contribution in [2.24, 2.45) is 5.92 Å². The highest BCUT2D eigenvalue weighted by Crippen LogP contribution is 2.25. The monoisotopic (exact) mass is 201 g/mol. The van der Waals surface area contributed by atoms with Gasteiger partial charge in [0.1, 0.15) is 6.04 Å². The van der Waals surface area contributed by atoms with Gasteiger partial charge < -0.3 is 9.84 Å². The summed E-state index contributed by atoms with van der Waals surface area (Å²) in [5, 5.41) is 9.22. The largest absolute Gasteiger partial charge is 0.468 e. The SMILES string of the molecule is COC(=O)C(C)N1CCC(C)C1CO. The predicted octanol–water partition coefficient (Wildman–Crippen LogP) is 0.251. The van der Waals surface area contributed by atoms with E-state index in [1.54, 1.807) is 0 Å². The molecule has 0 aliphatic carbocycles. The topological polar surface area (TPSA) is 49.8 Å². The first-order valence-corrected chi connectivity index (χ1v) is 5.06. The highest BCUT2D eigenvalue weighted by Gasteiger charge is 2.36. The third kappa shape index (κ3) is 2.07. The fraction of sp³-hybridized carbons (Fsp3) is 0.900. The first kappa shape index (κ1) is 11.5. The summed E-state index contributed by atoms with van der Waals surface area (Å²) < 4.78 is 4.69. The van der Waals surface area contributed by atoms with Crippen molar-refractivity contribution >= 4 is 5.97 Å². The Balaban J connectivity index is 2.63. The first-order valence-electron chi connectivity index (χ1n) is 5.06. The van der Waals surface area contributed by atoms with Crippen LogP contribution in [0.15, 0.2) is 0 Å². The first-order chi connectivity index (χ1) is 6.61. The second kappa shape index (κ2) is 4.75. The lowest BCUT2D eigenvalue weighted by molar-refractivity contribution is -0.147. The van der Waals surface area contributed by atoms with Crippen LogP contribution < -0.4 is 0 Å². The van der Waals surface area contributed by atoms with Crippen molar-refractivity contribution in [3.05, 3.63) is 0 Å². The van der Waals surface area contributed by atoms with Gasteiger partial charge in [-0.05, 0) is 25.8 Å². The van der Waals surface area contributed by atoms with Gasteiger partial charge in [0.05, 0.1) is 13.7 Å². The van der Waals surface area contributed by atoms with E-state index in [-0.39, 0.29) is 24.7 Å². The number of nitrogens with zero attached hydrogens (tertiary/aromatic N) is 1. The van der Waals surface area contributed by atoms with Crippen LogP contribution in [0.1, 0.15) is 20.3 Å². The van der Waals surface area contributed by atoms with Gasteiger partial charge in [0.25, 0.3) is 0 Å². The van der Waals surface area contributed by atoms with Crippen LogP contribution in [0.3, 0.4) is 0 Å². The summed E-state index contributed by atoms with van der Waals surface area (Å²) in [7, 11) is 1.40. The van der Waals surface area contributed by atoms with E-state index >= 15 is 0 Å². The van der Waals surface area contributed by atoms with E-state index in [1.165, 1.54) is 7.11 Å². The molecule has 82 valence electrons. The summed E-state index contributed by atoms with van der Waals surface area (Å²) in [6.45, 7) is 4.91. The van der Waals surface area contributed by atoms with E-state index < -0.39 is 0 Å². The molecule has 0 aromatic heterocycles. The average Bonchev–Trinajstić information content (AvgIpc) is 2.57. The summed E-state index contributed by atoms with van der Waals surface area (Å²) in [4.78, 5) is 13.3. The predicted molar refractivity (Wildman–Crippen MR) is 52.8 cm³/mol. The molecular formula is C10H19NO3. The minimum Gasteiger partial charge on any atom is -0.468 e. The van der Waals surface area contributed by atoms with Gasteiger partial charge in [0, 0.05) is 6.04 Å². The molecule has 1 aliphatic heterocycles. The van der Waals surface area contributed by atoms with Gasteiger partial charge in [-0.1, -0.05) is 6.92 Å². The van der Waals surface area contributed by atoms with Crippen LogP contribution in [0.5, 0.6) is 0 Å². The molecule has 0 aromatic carbocycles. The summed E-state index contributed by atoms with van der Waals surface area (Å²) in [5.74, 6) is 0.227. The molecule has 3 unspecified atom stereocenters. The number of aliphatic hydroxyl groups excluding tert-OH is 1. The Morgan fingerprint density at radius 3 is 2.86 bits per heavy atom. The Morgan fingerprint density at radius 2 is 2.36 bits per heavy atom. The maximum atomic E-state index is 11.3. The van der Waals surface area contributed by atoms with Gasteiger partial charge in [-0.2, -0.15) is 0 Å². The number of carbonyl (C=O) groups excluding carboxylic acids is 1. The molecule has 4 heteroatoms. The van der Waals surface area contributed by atoms with Crippen LogP contribution in [0.25, 0.3) is 0 Å². The zero-order valence-electron chi connectivity index (χ0n) is 9.06. The Morgan fingerprint density at radius 1 is 1.71 bits per heavy atom. The van der Waals surface area contributed by atoms with E-state index in [1.807, 2.05) is 11.8 Å². The summed E-state index contributed by atoms with van der Waals surface area (Å²) in [5.41, 5.74) is 0. The summed E-state index contributed by atoms with van der Waals surface area (Å²) in [6.07, 6.45) is 1.03. The van der Waals surface area contributed by atoms with Crippen molar-refractivity contribution in [3.63, 3.8) is 0 Å². The lowest BCUT2D eigenvalue weighted by Crippen LogP contribution is -2.45. The molecule has 0 amide bonds. The minimum atomic E-state index is -0.248. The van der Waals surface area contributed by atoms with Crippen LogP contribution in [0.2, 0.25) is 0 Å². The van der Waals surface area contributed by atoms with Crippen molar-refractivity contribution in [3.8, 4) is 0 Å². The van der Waals surface area contributed by atoms with Crippen molar-refractivity contribution in [2.45, 2.75) is 32.4 Å². The molecule has 1 aliphatic rings. The molecule has 0 bridgehead atoms. The van der Waals surface area contributed by atoms with E-state index in [0.717, 1.165) is 13.0 Å². The number of methoxy groups -OCH3 is 1. The lowest BCUT2D eigenvalue weighted by atomic mass is 10.0. The maximum Gasteiger partial charge on any atom is 0.322 e. The number of likely N-dealkylation sites (tertiary alicyclic amines) is 1. The minimum absolute atomic E-state index is 0.101. The van der Waals surface area contributed by atoms with Gasteiger partial charge in [0.15, 0.2) is 0 Å². The number of hydrogen-bond acceptors (Lipinski definition) is 4. The fourth-order valence-corrected chi connectivity index (χ4v) is 2.11. The van der Waals surface area contributed by atoms with Crippen LogP contribution in [0.4, 0.5) is 0 Å². The van der Waals surface area contributed by atoms with Crippen LogP contribution in [-0.2, 0) is 9.53 Å². The smallest absolute Gasteiger partial charge is 0.322 e. The summed E-state index contributed by atoms with van der Waals surface area (Å²) in [6, 6.07) is -0.147. The molecule has 3 atom stereocenters. The van der Waals surface area contributed by atoms with Crippen molar-refractivity contribution in [1.82, 2.24) is 4.90 Å². The third-order valence-corrected chi connectivity index (χ3v) is 3.15.